The molecule has 0 saturated carbocycles. The quantitative estimate of drug-likeness (QED) is 0.917. The summed E-state index contributed by atoms with van der Waals surface area (Å²) in [6.45, 7) is 2.41. The van der Waals surface area contributed by atoms with Gasteiger partial charge in [0.1, 0.15) is 0 Å². The van der Waals surface area contributed by atoms with Crippen LogP contribution < -0.4 is 15.0 Å². The monoisotopic (exact) mass is 319 g/mol. The number of benzene rings is 1. The van der Waals surface area contributed by atoms with Crippen LogP contribution in [0, 0.1) is 0 Å². The maximum absolute atomic E-state index is 12.3. The molecule has 2 rings (SSSR count). The van der Waals surface area contributed by atoms with Crippen LogP contribution in [0.2, 0.25) is 5.02 Å². The number of anilines is 2. The van der Waals surface area contributed by atoms with Gasteiger partial charge < -0.3 is 15.0 Å². The van der Waals surface area contributed by atoms with Crippen molar-refractivity contribution in [1.29, 1.82) is 0 Å². The van der Waals surface area contributed by atoms with Crippen molar-refractivity contribution < 1.29 is 9.53 Å². The van der Waals surface area contributed by atoms with Crippen molar-refractivity contribution in [2.45, 2.75) is 6.92 Å². The van der Waals surface area contributed by atoms with Crippen LogP contribution in [0.25, 0.3) is 0 Å². The van der Waals surface area contributed by atoms with E-state index in [4.69, 9.17) is 16.3 Å². The average Bonchev–Trinajstić information content (AvgIpc) is 2.48. The molecule has 0 bridgehead atoms. The summed E-state index contributed by atoms with van der Waals surface area (Å²) in [7, 11) is 3.80. The first-order valence-corrected chi connectivity index (χ1v) is 7.26. The highest BCUT2D eigenvalue weighted by Gasteiger charge is 2.11. The normalized spacial score (nSPS) is 10.2. The molecule has 0 aliphatic heterocycles. The van der Waals surface area contributed by atoms with Crippen molar-refractivity contribution in [3.8, 4) is 5.88 Å². The minimum atomic E-state index is -0.249. The Labute approximate surface area is 134 Å². The lowest BCUT2D eigenvalue weighted by molar-refractivity contribution is 0.102. The number of rotatable bonds is 5. The molecule has 0 atom stereocenters. The zero-order chi connectivity index (χ0) is 16.1. The molecule has 0 radical (unpaired) electrons. The summed E-state index contributed by atoms with van der Waals surface area (Å²) in [4.78, 5) is 18.3. The molecule has 0 aliphatic carbocycles. The highest BCUT2D eigenvalue weighted by molar-refractivity contribution is 6.31. The van der Waals surface area contributed by atoms with E-state index in [1.807, 2.05) is 32.0 Å². The molecule has 6 heteroatoms. The molecule has 1 amide bonds. The van der Waals surface area contributed by atoms with Gasteiger partial charge in [0.15, 0.2) is 0 Å². The second-order valence-corrected chi connectivity index (χ2v) is 5.26. The summed E-state index contributed by atoms with van der Waals surface area (Å²) in [6.07, 6.45) is 1.49. The first kappa shape index (κ1) is 16.1. The molecule has 116 valence electrons. The second kappa shape index (κ2) is 7.13. The summed E-state index contributed by atoms with van der Waals surface area (Å²) >= 11 is 6.01. The van der Waals surface area contributed by atoms with E-state index in [1.54, 1.807) is 24.3 Å². The van der Waals surface area contributed by atoms with Gasteiger partial charge in [0.25, 0.3) is 5.91 Å². The number of carbonyl (C=O) groups excluding carboxylic acids is 1. The molecule has 0 saturated heterocycles. The Bertz CT molecular complexity index is 657. The van der Waals surface area contributed by atoms with Crippen LogP contribution in [-0.4, -0.2) is 31.6 Å². The smallest absolute Gasteiger partial charge is 0.257 e. The number of aromatic nitrogens is 1. The third kappa shape index (κ3) is 3.89. The number of carbonyl (C=O) groups is 1. The van der Waals surface area contributed by atoms with Crippen molar-refractivity contribution in [3.63, 3.8) is 0 Å². The SMILES string of the molecule is CCOc1ccc(C(=O)Nc2cc(Cl)ccc2N(C)C)cn1. The van der Waals surface area contributed by atoms with Crippen molar-refractivity contribution in [3.05, 3.63) is 47.1 Å². The van der Waals surface area contributed by atoms with E-state index in [9.17, 15) is 4.79 Å². The molecule has 2 aromatic rings. The van der Waals surface area contributed by atoms with E-state index in [2.05, 4.69) is 10.3 Å². The lowest BCUT2D eigenvalue weighted by Gasteiger charge is -2.18. The lowest BCUT2D eigenvalue weighted by atomic mass is 10.2. The van der Waals surface area contributed by atoms with Gasteiger partial charge >= 0.3 is 0 Å². The van der Waals surface area contributed by atoms with Gasteiger partial charge in [-0.05, 0) is 31.2 Å². The van der Waals surface area contributed by atoms with Crippen molar-refractivity contribution in [2.24, 2.45) is 0 Å². The Morgan fingerprint density at radius 1 is 1.32 bits per heavy atom. The Morgan fingerprint density at radius 2 is 2.09 bits per heavy atom. The third-order valence-electron chi connectivity index (χ3n) is 2.98. The van der Waals surface area contributed by atoms with Gasteiger partial charge in [-0.3, -0.25) is 4.79 Å². The summed E-state index contributed by atoms with van der Waals surface area (Å²) in [5.74, 6) is 0.247. The van der Waals surface area contributed by atoms with Crippen LogP contribution >= 0.6 is 11.6 Å². The Balaban J connectivity index is 2.19. The van der Waals surface area contributed by atoms with Crippen LogP contribution in [0.5, 0.6) is 5.88 Å². The predicted octanol–water partition coefficient (Wildman–Crippen LogP) is 3.45. The fourth-order valence-electron chi connectivity index (χ4n) is 1.94. The maximum Gasteiger partial charge on any atom is 0.257 e. The van der Waals surface area contributed by atoms with Crippen LogP contribution in [0.4, 0.5) is 11.4 Å². The third-order valence-corrected chi connectivity index (χ3v) is 3.21. The zero-order valence-electron chi connectivity index (χ0n) is 12.8. The summed E-state index contributed by atoms with van der Waals surface area (Å²) in [6, 6.07) is 8.70. The molecule has 5 nitrogen and oxygen atoms in total. The van der Waals surface area contributed by atoms with Gasteiger partial charge in [0.05, 0.1) is 23.5 Å². The van der Waals surface area contributed by atoms with Crippen molar-refractivity contribution >= 4 is 28.9 Å². The maximum atomic E-state index is 12.3. The van der Waals surface area contributed by atoms with Crippen molar-refractivity contribution in [2.75, 3.05) is 30.9 Å². The predicted molar refractivity (Wildman–Crippen MR) is 89.1 cm³/mol. The molecule has 1 aromatic carbocycles. The number of nitrogens with zero attached hydrogens (tertiary/aromatic N) is 2. The van der Waals surface area contributed by atoms with Crippen LogP contribution in [0.15, 0.2) is 36.5 Å². The molecule has 22 heavy (non-hydrogen) atoms. The van der Waals surface area contributed by atoms with E-state index >= 15 is 0 Å². The van der Waals surface area contributed by atoms with E-state index in [1.165, 1.54) is 6.20 Å². The minimum Gasteiger partial charge on any atom is -0.478 e. The molecule has 0 unspecified atom stereocenters. The second-order valence-electron chi connectivity index (χ2n) is 4.83. The van der Waals surface area contributed by atoms with Crippen molar-refractivity contribution in [1.82, 2.24) is 4.98 Å². The number of amides is 1. The molecular formula is C16H18ClN3O2. The molecule has 0 spiro atoms. The average molecular weight is 320 g/mol. The number of ether oxygens (including phenoxy) is 1. The van der Waals surface area contributed by atoms with Gasteiger partial charge in [-0.15, -0.1) is 0 Å². The molecule has 1 aromatic heterocycles. The molecule has 1 N–H and O–H groups in total. The minimum absolute atomic E-state index is 0.249. The van der Waals surface area contributed by atoms with E-state index in [0.29, 0.717) is 28.8 Å². The molecular weight excluding hydrogens is 302 g/mol. The van der Waals surface area contributed by atoms with Gasteiger partial charge in [-0.1, -0.05) is 11.6 Å². The number of hydrogen-bond acceptors (Lipinski definition) is 4. The topological polar surface area (TPSA) is 54.5 Å². The Hall–Kier alpha value is -2.27. The Kier molecular flexibility index (Phi) is 5.22. The summed E-state index contributed by atoms with van der Waals surface area (Å²) in [5, 5.41) is 3.42. The number of hydrogen-bond donors (Lipinski definition) is 1. The van der Waals surface area contributed by atoms with Gasteiger partial charge in [0, 0.05) is 31.4 Å². The van der Waals surface area contributed by atoms with E-state index in [-0.39, 0.29) is 5.91 Å². The molecule has 0 aliphatic rings. The highest BCUT2D eigenvalue weighted by Crippen LogP contribution is 2.28. The number of pyridine rings is 1. The molecule has 1 heterocycles. The van der Waals surface area contributed by atoms with E-state index < -0.39 is 0 Å². The summed E-state index contributed by atoms with van der Waals surface area (Å²) in [5.41, 5.74) is 1.97. The fraction of sp³-hybridized carbons (Fsp3) is 0.250. The fourth-order valence-corrected chi connectivity index (χ4v) is 2.11. The van der Waals surface area contributed by atoms with Gasteiger partial charge in [-0.25, -0.2) is 4.98 Å². The van der Waals surface area contributed by atoms with Gasteiger partial charge in [0.2, 0.25) is 5.88 Å². The first-order valence-electron chi connectivity index (χ1n) is 6.88. The highest BCUT2D eigenvalue weighted by atomic mass is 35.5. The van der Waals surface area contributed by atoms with Crippen LogP contribution in [0.3, 0.4) is 0 Å². The zero-order valence-corrected chi connectivity index (χ0v) is 13.5. The number of nitrogens with one attached hydrogen (secondary N) is 1. The van der Waals surface area contributed by atoms with Crippen LogP contribution in [-0.2, 0) is 0 Å². The van der Waals surface area contributed by atoms with E-state index in [0.717, 1.165) is 5.69 Å². The van der Waals surface area contributed by atoms with Crippen LogP contribution in [0.1, 0.15) is 17.3 Å². The standard InChI is InChI=1S/C16H18ClN3O2/c1-4-22-15-8-5-11(10-18-15)16(21)19-13-9-12(17)6-7-14(13)20(2)3/h5-10H,4H2,1-3H3,(H,19,21). The molecule has 0 fully saturated rings. The van der Waals surface area contributed by atoms with Gasteiger partial charge in [-0.2, -0.15) is 0 Å². The summed E-state index contributed by atoms with van der Waals surface area (Å²) < 4.78 is 5.26. The largest absolute Gasteiger partial charge is 0.478 e. The number of halogens is 1. The first-order chi connectivity index (χ1) is 10.5. The lowest BCUT2D eigenvalue weighted by Crippen LogP contribution is -2.17. The Morgan fingerprint density at radius 3 is 2.68 bits per heavy atom.